The molecule has 2 amide bonds. The summed E-state index contributed by atoms with van der Waals surface area (Å²) in [5, 5.41) is 12.1. The Balaban J connectivity index is 2.59. The third-order valence-electron chi connectivity index (χ3n) is 3.24. The van der Waals surface area contributed by atoms with E-state index in [1.807, 2.05) is 0 Å². The molecule has 0 aliphatic rings. The van der Waals surface area contributed by atoms with Crippen molar-refractivity contribution >= 4 is 55.1 Å². The van der Waals surface area contributed by atoms with Gasteiger partial charge >= 0.3 is 0 Å². The van der Waals surface area contributed by atoms with Crippen LogP contribution < -0.4 is 10.6 Å². The molecule has 160 valence electrons. The van der Waals surface area contributed by atoms with E-state index >= 15 is 0 Å². The number of carbonyl (C=O) groups excluding carboxylic acids is 2. The number of nitrogens with zero attached hydrogens (tertiary/aromatic N) is 3. The molecular weight excluding hydrogens is 442 g/mol. The fourth-order valence-electron chi connectivity index (χ4n) is 2.10. The lowest BCUT2D eigenvalue weighted by Crippen LogP contribution is -2.11. The van der Waals surface area contributed by atoms with Gasteiger partial charge in [0, 0.05) is 13.8 Å². The summed E-state index contributed by atoms with van der Waals surface area (Å²) in [6.07, 6.45) is 0. The van der Waals surface area contributed by atoms with Crippen molar-refractivity contribution in [3.8, 4) is 0 Å². The fraction of sp³-hybridized carbons (Fsp3) is 0.133. The van der Waals surface area contributed by atoms with Gasteiger partial charge in [-0.1, -0.05) is 0 Å². The Kier molecular flexibility index (Phi) is 6.61. The smallest absolute Gasteiger partial charge is 0.296 e. The second kappa shape index (κ2) is 8.62. The third-order valence-corrected chi connectivity index (χ3v) is 4.99. The van der Waals surface area contributed by atoms with Crippen LogP contribution in [0, 0.1) is 0 Å². The third kappa shape index (κ3) is 6.11. The van der Waals surface area contributed by atoms with Gasteiger partial charge in [0.05, 0.1) is 4.90 Å². The number of nitrogens with one attached hydrogen (secondary N) is 2. The number of rotatable bonds is 6. The summed E-state index contributed by atoms with van der Waals surface area (Å²) in [5.74, 6) is -1.02. The first-order valence-corrected chi connectivity index (χ1v) is 10.7. The van der Waals surface area contributed by atoms with Gasteiger partial charge in [-0.3, -0.25) is 18.7 Å². The number of aromatic nitrogens is 1. The van der Waals surface area contributed by atoms with Crippen molar-refractivity contribution in [2.45, 2.75) is 23.6 Å². The van der Waals surface area contributed by atoms with Crippen LogP contribution in [-0.4, -0.2) is 42.7 Å². The van der Waals surface area contributed by atoms with Gasteiger partial charge < -0.3 is 10.6 Å². The number of azo groups is 1. The highest BCUT2D eigenvalue weighted by Crippen LogP contribution is 2.31. The molecule has 0 unspecified atom stereocenters. The van der Waals surface area contributed by atoms with Crippen LogP contribution in [0.15, 0.2) is 50.4 Å². The van der Waals surface area contributed by atoms with Gasteiger partial charge in [0.15, 0.2) is 5.82 Å². The van der Waals surface area contributed by atoms with Crippen LogP contribution in [0.4, 0.5) is 23.0 Å². The van der Waals surface area contributed by atoms with Crippen molar-refractivity contribution in [1.82, 2.24) is 4.98 Å². The van der Waals surface area contributed by atoms with E-state index in [1.54, 1.807) is 0 Å². The minimum atomic E-state index is -4.81. The molecule has 1 heterocycles. The predicted octanol–water partition coefficient (Wildman–Crippen LogP) is 1.91. The molecule has 1 aromatic heterocycles. The summed E-state index contributed by atoms with van der Waals surface area (Å²) in [6, 6.07) is 4.76. The number of amides is 2. The molecule has 2 aromatic rings. The quantitative estimate of drug-likeness (QED) is 0.368. The lowest BCUT2D eigenvalue weighted by molar-refractivity contribution is -0.115. The van der Waals surface area contributed by atoms with E-state index < -0.39 is 47.5 Å². The van der Waals surface area contributed by atoms with E-state index in [9.17, 15) is 31.0 Å². The summed E-state index contributed by atoms with van der Waals surface area (Å²) in [4.78, 5) is 25.1. The molecule has 0 fully saturated rings. The number of pyridine rings is 1. The number of anilines is 2. The molecule has 0 atom stereocenters. The average molecular weight is 457 g/mol. The Hall–Kier alpha value is -3.27. The van der Waals surface area contributed by atoms with Crippen molar-refractivity contribution < 1.29 is 35.5 Å². The van der Waals surface area contributed by atoms with Crippen LogP contribution in [0.2, 0.25) is 0 Å². The maximum Gasteiger partial charge on any atom is 0.296 e. The second-order valence-corrected chi connectivity index (χ2v) is 8.52. The van der Waals surface area contributed by atoms with Gasteiger partial charge in [0.1, 0.15) is 22.1 Å². The molecule has 2 rings (SSSR count). The van der Waals surface area contributed by atoms with E-state index in [0.717, 1.165) is 12.1 Å². The lowest BCUT2D eigenvalue weighted by Gasteiger charge is -2.08. The fourth-order valence-corrected chi connectivity index (χ4v) is 3.21. The Morgan fingerprint density at radius 1 is 0.867 bits per heavy atom. The van der Waals surface area contributed by atoms with E-state index in [2.05, 4.69) is 25.8 Å². The molecule has 4 N–H and O–H groups in total. The number of benzene rings is 1. The molecule has 0 saturated heterocycles. The normalized spacial score (nSPS) is 12.0. The van der Waals surface area contributed by atoms with E-state index in [4.69, 9.17) is 4.55 Å². The topological polar surface area (TPSA) is 205 Å². The van der Waals surface area contributed by atoms with E-state index in [1.165, 1.54) is 26.0 Å². The molecule has 0 bridgehead atoms. The van der Waals surface area contributed by atoms with Crippen LogP contribution in [0.3, 0.4) is 0 Å². The summed E-state index contributed by atoms with van der Waals surface area (Å²) >= 11 is 0. The highest BCUT2D eigenvalue weighted by Gasteiger charge is 2.20. The molecule has 1 aromatic carbocycles. The van der Waals surface area contributed by atoms with Crippen molar-refractivity contribution in [2.24, 2.45) is 10.2 Å². The van der Waals surface area contributed by atoms with Crippen molar-refractivity contribution in [2.75, 3.05) is 10.6 Å². The molecule has 15 heteroatoms. The average Bonchev–Trinajstić information content (AvgIpc) is 2.58. The zero-order chi connectivity index (χ0) is 22.7. The monoisotopic (exact) mass is 457 g/mol. The second-order valence-electron chi connectivity index (χ2n) is 5.71. The van der Waals surface area contributed by atoms with Crippen LogP contribution in [0.5, 0.6) is 0 Å². The first-order chi connectivity index (χ1) is 13.8. The van der Waals surface area contributed by atoms with Gasteiger partial charge in [-0.05, 0) is 30.3 Å². The van der Waals surface area contributed by atoms with Gasteiger partial charge in [0.2, 0.25) is 11.8 Å². The molecule has 30 heavy (non-hydrogen) atoms. The number of hydrogen-bond acceptors (Lipinski definition) is 9. The minimum absolute atomic E-state index is 0.0807. The van der Waals surface area contributed by atoms with E-state index in [-0.39, 0.29) is 17.3 Å². The van der Waals surface area contributed by atoms with Crippen molar-refractivity contribution in [3.05, 3.63) is 30.3 Å². The van der Waals surface area contributed by atoms with Gasteiger partial charge in [0.25, 0.3) is 20.2 Å². The Labute approximate surface area is 170 Å². The zero-order valence-electron chi connectivity index (χ0n) is 15.4. The molecule has 0 spiro atoms. The Morgan fingerprint density at radius 3 is 2.00 bits per heavy atom. The summed E-state index contributed by atoms with van der Waals surface area (Å²) in [6.45, 7) is 2.42. The zero-order valence-corrected chi connectivity index (χ0v) is 17.0. The van der Waals surface area contributed by atoms with Crippen LogP contribution in [-0.2, 0) is 29.8 Å². The maximum absolute atomic E-state index is 11.5. The van der Waals surface area contributed by atoms with Crippen molar-refractivity contribution in [1.29, 1.82) is 0 Å². The molecule has 0 aliphatic heterocycles. The van der Waals surface area contributed by atoms with Gasteiger partial charge in [-0.15, -0.1) is 10.2 Å². The molecule has 0 saturated carbocycles. The summed E-state index contributed by atoms with van der Waals surface area (Å²) in [5.41, 5.74) is -0.690. The van der Waals surface area contributed by atoms with Crippen molar-refractivity contribution in [3.63, 3.8) is 0 Å². The molecule has 13 nitrogen and oxygen atoms in total. The number of carbonyl (C=O) groups is 2. The van der Waals surface area contributed by atoms with Gasteiger partial charge in [-0.25, -0.2) is 4.98 Å². The highest BCUT2D eigenvalue weighted by molar-refractivity contribution is 7.86. The highest BCUT2D eigenvalue weighted by atomic mass is 32.2. The molecule has 0 aliphatic carbocycles. The SMILES string of the molecule is CC(=O)Nc1ccc(N=Nc2cc(S(=O)(=O)O)ccc2S(=O)(=O)O)c(NC(C)=O)n1. The maximum atomic E-state index is 11.5. The first kappa shape index (κ1) is 23.0. The lowest BCUT2D eigenvalue weighted by atomic mass is 10.3. The predicted molar refractivity (Wildman–Crippen MR) is 103 cm³/mol. The molecular formula is C15H15N5O8S2. The first-order valence-electron chi connectivity index (χ1n) is 7.84. The summed E-state index contributed by atoms with van der Waals surface area (Å²) in [7, 11) is -9.51. The van der Waals surface area contributed by atoms with Crippen LogP contribution >= 0.6 is 0 Å². The Morgan fingerprint density at radius 2 is 1.47 bits per heavy atom. The standard InChI is InChI=1S/C15H15N5O8S2/c1-8(21)16-14-6-4-11(15(18-14)17-9(2)22)19-20-12-7-10(29(23,24)25)3-5-13(12)30(26,27)28/h3-7H,1-2H3,(H,23,24,25)(H,26,27,28)(H2,16,17,18,21,22). The molecule has 0 radical (unpaired) electrons. The van der Waals surface area contributed by atoms with Crippen LogP contribution in [0.1, 0.15) is 13.8 Å². The minimum Gasteiger partial charge on any atom is -0.311 e. The summed E-state index contributed by atoms with van der Waals surface area (Å²) < 4.78 is 64.1. The van der Waals surface area contributed by atoms with E-state index in [0.29, 0.717) is 6.07 Å². The number of hydrogen-bond donors (Lipinski definition) is 4. The van der Waals surface area contributed by atoms with Crippen LogP contribution in [0.25, 0.3) is 0 Å². The Bertz CT molecular complexity index is 1260. The largest absolute Gasteiger partial charge is 0.311 e. The van der Waals surface area contributed by atoms with Gasteiger partial charge in [-0.2, -0.15) is 16.8 Å².